The summed E-state index contributed by atoms with van der Waals surface area (Å²) in [6.07, 6.45) is 2.22. The molecule has 0 amide bonds. The summed E-state index contributed by atoms with van der Waals surface area (Å²) >= 11 is 12.8. The summed E-state index contributed by atoms with van der Waals surface area (Å²) in [6.45, 7) is 2.06. The van der Waals surface area contributed by atoms with Gasteiger partial charge in [0.2, 0.25) is 0 Å². The first kappa shape index (κ1) is 14.8. The van der Waals surface area contributed by atoms with Crippen LogP contribution in [0.1, 0.15) is 30.7 Å². The summed E-state index contributed by atoms with van der Waals surface area (Å²) in [7, 11) is 3.17. The van der Waals surface area contributed by atoms with E-state index in [0.717, 1.165) is 18.4 Å². The average Bonchev–Trinajstić information content (AvgIpc) is 2.84. The van der Waals surface area contributed by atoms with Crippen LogP contribution in [0.15, 0.2) is 12.1 Å². The van der Waals surface area contributed by atoms with Crippen LogP contribution < -0.4 is 9.47 Å². The Morgan fingerprint density at radius 1 is 1.21 bits per heavy atom. The van der Waals surface area contributed by atoms with Crippen LogP contribution in [0.3, 0.4) is 0 Å². The lowest BCUT2D eigenvalue weighted by atomic mass is 10.0. The molecule has 1 saturated heterocycles. The maximum absolute atomic E-state index is 6.50. The zero-order valence-corrected chi connectivity index (χ0v) is 12.8. The van der Waals surface area contributed by atoms with Crippen LogP contribution in [0.4, 0.5) is 0 Å². The Morgan fingerprint density at radius 3 is 2.37 bits per heavy atom. The number of ether oxygens (including phenoxy) is 3. The predicted molar refractivity (Wildman–Crippen MR) is 76.7 cm³/mol. The molecule has 0 N–H and O–H groups in total. The van der Waals surface area contributed by atoms with Crippen molar-refractivity contribution in [3.63, 3.8) is 0 Å². The third kappa shape index (κ3) is 3.10. The Bertz CT molecular complexity index is 451. The average molecular weight is 305 g/mol. The smallest absolute Gasteiger partial charge is 0.162 e. The molecule has 1 aromatic carbocycles. The molecule has 3 unspecified atom stereocenters. The molecule has 106 valence electrons. The minimum absolute atomic E-state index is 0.00716. The number of alkyl halides is 1. The van der Waals surface area contributed by atoms with Crippen LogP contribution in [0.2, 0.25) is 5.02 Å². The molecule has 0 bridgehead atoms. The molecule has 1 heterocycles. The van der Waals surface area contributed by atoms with Crippen molar-refractivity contribution >= 4 is 23.2 Å². The van der Waals surface area contributed by atoms with E-state index in [0.29, 0.717) is 16.5 Å². The topological polar surface area (TPSA) is 27.7 Å². The number of hydrogen-bond acceptors (Lipinski definition) is 3. The van der Waals surface area contributed by atoms with Crippen LogP contribution in [0, 0.1) is 0 Å². The van der Waals surface area contributed by atoms with Crippen molar-refractivity contribution in [3.05, 3.63) is 22.7 Å². The number of hydrogen-bond donors (Lipinski definition) is 0. The summed E-state index contributed by atoms with van der Waals surface area (Å²) in [4.78, 5) is 0. The van der Waals surface area contributed by atoms with E-state index in [1.54, 1.807) is 20.3 Å². The normalized spacial score (nSPS) is 24.3. The molecule has 19 heavy (non-hydrogen) atoms. The molecule has 1 fully saturated rings. The van der Waals surface area contributed by atoms with Crippen LogP contribution in [-0.4, -0.2) is 26.4 Å². The van der Waals surface area contributed by atoms with Crippen molar-refractivity contribution in [2.24, 2.45) is 0 Å². The van der Waals surface area contributed by atoms with Gasteiger partial charge in [0, 0.05) is 11.1 Å². The van der Waals surface area contributed by atoms with Gasteiger partial charge in [0.1, 0.15) is 0 Å². The Kier molecular flexibility index (Phi) is 4.82. The molecule has 1 aromatic rings. The molecule has 0 radical (unpaired) electrons. The Balaban J connectivity index is 2.28. The second kappa shape index (κ2) is 6.21. The molecule has 0 spiro atoms. The molecule has 3 atom stereocenters. The van der Waals surface area contributed by atoms with Gasteiger partial charge in [-0.05, 0) is 31.4 Å². The fourth-order valence-corrected chi connectivity index (χ4v) is 3.02. The van der Waals surface area contributed by atoms with Crippen molar-refractivity contribution in [2.45, 2.75) is 37.4 Å². The van der Waals surface area contributed by atoms with E-state index in [1.165, 1.54) is 0 Å². The van der Waals surface area contributed by atoms with E-state index in [4.69, 9.17) is 37.4 Å². The summed E-state index contributed by atoms with van der Waals surface area (Å²) in [6, 6.07) is 3.55. The third-order valence-electron chi connectivity index (χ3n) is 3.39. The number of methoxy groups -OCH3 is 2. The van der Waals surface area contributed by atoms with Crippen molar-refractivity contribution in [1.82, 2.24) is 0 Å². The largest absolute Gasteiger partial charge is 0.493 e. The minimum Gasteiger partial charge on any atom is -0.493 e. The van der Waals surface area contributed by atoms with Gasteiger partial charge in [-0.25, -0.2) is 0 Å². The standard InChI is InChI=1S/C14H18Cl2O3/c1-8-4-5-11(19-8)14(16)9-6-12(17-2)13(18-3)7-10(9)15/h6-8,11,14H,4-5H2,1-3H3. The summed E-state index contributed by atoms with van der Waals surface area (Å²) in [5.74, 6) is 1.22. The van der Waals surface area contributed by atoms with Gasteiger partial charge in [-0.2, -0.15) is 0 Å². The second-order valence-corrected chi connectivity index (χ2v) is 5.57. The molecule has 2 rings (SSSR count). The van der Waals surface area contributed by atoms with E-state index in [1.807, 2.05) is 6.07 Å². The first-order valence-corrected chi connectivity index (χ1v) is 7.09. The summed E-state index contributed by atoms with van der Waals surface area (Å²) in [5, 5.41) is 0.290. The molecule has 1 aliphatic heterocycles. The number of rotatable bonds is 4. The zero-order chi connectivity index (χ0) is 14.0. The van der Waals surface area contributed by atoms with Crippen molar-refractivity contribution in [1.29, 1.82) is 0 Å². The molecule has 1 aliphatic rings. The van der Waals surface area contributed by atoms with E-state index in [2.05, 4.69) is 6.92 Å². The highest BCUT2D eigenvalue weighted by molar-refractivity contribution is 6.33. The van der Waals surface area contributed by atoms with Crippen molar-refractivity contribution in [2.75, 3.05) is 14.2 Å². The zero-order valence-electron chi connectivity index (χ0n) is 11.3. The molecule has 5 heteroatoms. The molecule has 0 aliphatic carbocycles. The van der Waals surface area contributed by atoms with Gasteiger partial charge in [0.25, 0.3) is 0 Å². The van der Waals surface area contributed by atoms with Gasteiger partial charge >= 0.3 is 0 Å². The van der Waals surface area contributed by atoms with Crippen LogP contribution in [-0.2, 0) is 4.74 Å². The highest BCUT2D eigenvalue weighted by atomic mass is 35.5. The van der Waals surface area contributed by atoms with E-state index in [-0.39, 0.29) is 17.6 Å². The third-order valence-corrected chi connectivity index (χ3v) is 4.23. The first-order valence-electron chi connectivity index (χ1n) is 6.27. The first-order chi connectivity index (χ1) is 9.06. The summed E-state index contributed by atoms with van der Waals surface area (Å²) < 4.78 is 16.3. The van der Waals surface area contributed by atoms with E-state index >= 15 is 0 Å². The maximum atomic E-state index is 6.50. The summed E-state index contributed by atoms with van der Waals surface area (Å²) in [5.41, 5.74) is 0.820. The van der Waals surface area contributed by atoms with Gasteiger partial charge in [-0.15, -0.1) is 11.6 Å². The van der Waals surface area contributed by atoms with Crippen molar-refractivity contribution < 1.29 is 14.2 Å². The van der Waals surface area contributed by atoms with E-state index < -0.39 is 0 Å². The lowest BCUT2D eigenvalue weighted by molar-refractivity contribution is 0.0533. The van der Waals surface area contributed by atoms with Gasteiger partial charge < -0.3 is 14.2 Å². The molecule has 0 saturated carbocycles. The van der Waals surface area contributed by atoms with Gasteiger partial charge in [0.05, 0.1) is 31.8 Å². The highest BCUT2D eigenvalue weighted by Gasteiger charge is 2.31. The van der Waals surface area contributed by atoms with Gasteiger partial charge in [0.15, 0.2) is 11.5 Å². The quantitative estimate of drug-likeness (QED) is 0.780. The van der Waals surface area contributed by atoms with Gasteiger partial charge in [-0.1, -0.05) is 11.6 Å². The molecular weight excluding hydrogens is 287 g/mol. The Morgan fingerprint density at radius 2 is 1.84 bits per heavy atom. The number of benzene rings is 1. The molecular formula is C14H18Cl2O3. The van der Waals surface area contributed by atoms with E-state index in [9.17, 15) is 0 Å². The molecule has 0 aromatic heterocycles. The van der Waals surface area contributed by atoms with Crippen LogP contribution in [0.5, 0.6) is 11.5 Å². The van der Waals surface area contributed by atoms with Crippen LogP contribution >= 0.6 is 23.2 Å². The SMILES string of the molecule is COc1cc(Cl)c(C(Cl)C2CCC(C)O2)cc1OC. The fraction of sp³-hybridized carbons (Fsp3) is 0.571. The molecule has 3 nitrogen and oxygen atoms in total. The van der Waals surface area contributed by atoms with Crippen molar-refractivity contribution in [3.8, 4) is 11.5 Å². The monoisotopic (exact) mass is 304 g/mol. The Hall–Kier alpha value is -0.640. The highest BCUT2D eigenvalue weighted by Crippen LogP contribution is 2.42. The Labute approximate surface area is 123 Å². The second-order valence-electron chi connectivity index (χ2n) is 4.69. The van der Waals surface area contributed by atoms with Crippen LogP contribution in [0.25, 0.3) is 0 Å². The fourth-order valence-electron chi connectivity index (χ4n) is 2.33. The van der Waals surface area contributed by atoms with Gasteiger partial charge in [-0.3, -0.25) is 0 Å². The maximum Gasteiger partial charge on any atom is 0.162 e. The number of halogens is 2. The predicted octanol–water partition coefficient (Wildman–Crippen LogP) is 4.20. The lowest BCUT2D eigenvalue weighted by Crippen LogP contribution is -2.15. The lowest BCUT2D eigenvalue weighted by Gasteiger charge is -2.20. The minimum atomic E-state index is -0.280.